The maximum Gasteiger partial charge on any atom is 0.191 e. The zero-order chi connectivity index (χ0) is 13.5. The van der Waals surface area contributed by atoms with E-state index >= 15 is 0 Å². The molecule has 0 atom stereocenters. The smallest absolute Gasteiger partial charge is 0.191 e. The number of hydrazone groups is 1. The van der Waals surface area contributed by atoms with Crippen molar-refractivity contribution in [3.05, 3.63) is 46.7 Å². The Kier molecular flexibility index (Phi) is 4.88. The highest BCUT2D eigenvalue weighted by Crippen LogP contribution is 2.14. The van der Waals surface area contributed by atoms with Gasteiger partial charge in [0.2, 0.25) is 0 Å². The third-order valence-corrected chi connectivity index (χ3v) is 3.25. The third kappa shape index (κ3) is 4.35. The van der Waals surface area contributed by atoms with E-state index in [9.17, 15) is 0 Å². The van der Waals surface area contributed by atoms with Crippen LogP contribution in [0.3, 0.4) is 0 Å². The Morgan fingerprint density at radius 2 is 2.11 bits per heavy atom. The fraction of sp³-hybridized carbons (Fsp3) is 0.0769. The first kappa shape index (κ1) is 13.5. The number of methoxy groups -OCH3 is 1. The van der Waals surface area contributed by atoms with E-state index in [2.05, 4.69) is 15.8 Å². The normalized spacial score (nSPS) is 10.4. The summed E-state index contributed by atoms with van der Waals surface area (Å²) in [6.07, 6.45) is 1.73. The predicted molar refractivity (Wildman–Crippen MR) is 84.3 cm³/mol. The van der Waals surface area contributed by atoms with Gasteiger partial charge in [-0.05, 0) is 47.9 Å². The Balaban J connectivity index is 1.83. The molecule has 4 nitrogen and oxygen atoms in total. The molecule has 0 bridgehead atoms. The molecule has 2 rings (SSSR count). The molecule has 19 heavy (non-hydrogen) atoms. The minimum absolute atomic E-state index is 0.443. The highest BCUT2D eigenvalue weighted by Gasteiger charge is 1.96. The number of thiocarbonyl (C=S) groups is 1. The highest BCUT2D eigenvalue weighted by atomic mass is 32.1. The molecule has 0 fully saturated rings. The van der Waals surface area contributed by atoms with E-state index in [1.54, 1.807) is 24.7 Å². The number of ether oxygens (including phenoxy) is 1. The summed E-state index contributed by atoms with van der Waals surface area (Å²) in [4.78, 5) is 1.07. The van der Waals surface area contributed by atoms with Crippen molar-refractivity contribution in [1.29, 1.82) is 0 Å². The molecule has 0 aliphatic heterocycles. The zero-order valence-corrected chi connectivity index (χ0v) is 11.9. The Bertz CT molecular complexity index is 550. The van der Waals surface area contributed by atoms with Gasteiger partial charge >= 0.3 is 0 Å². The molecule has 1 aromatic carbocycles. The number of benzene rings is 1. The van der Waals surface area contributed by atoms with Gasteiger partial charge in [-0.1, -0.05) is 6.07 Å². The number of thiophene rings is 1. The lowest BCUT2D eigenvalue weighted by atomic mass is 10.3. The van der Waals surface area contributed by atoms with Crippen LogP contribution in [0.2, 0.25) is 0 Å². The molecule has 1 aromatic heterocycles. The molecule has 2 N–H and O–H groups in total. The minimum Gasteiger partial charge on any atom is -0.497 e. The molecule has 98 valence electrons. The standard InChI is InChI=1S/C13H13N3OS2/c1-17-11-6-4-10(5-7-11)15-13(18)16-14-9-12-3-2-8-19-12/h2-9H,1H3,(H2,15,16,18)/b14-9+. The fourth-order valence-electron chi connectivity index (χ4n) is 1.35. The number of rotatable bonds is 4. The summed E-state index contributed by atoms with van der Waals surface area (Å²) in [7, 11) is 1.63. The van der Waals surface area contributed by atoms with Crippen LogP contribution in [0.25, 0.3) is 0 Å². The van der Waals surface area contributed by atoms with Crippen LogP contribution in [0.15, 0.2) is 46.9 Å². The molecule has 0 amide bonds. The molecule has 2 aromatic rings. The molecule has 0 spiro atoms. The molecular formula is C13H13N3OS2. The van der Waals surface area contributed by atoms with Crippen molar-refractivity contribution < 1.29 is 4.74 Å². The van der Waals surface area contributed by atoms with Crippen LogP contribution in [0, 0.1) is 0 Å². The predicted octanol–water partition coefficient (Wildman–Crippen LogP) is 3.08. The number of hydrogen-bond acceptors (Lipinski definition) is 4. The molecule has 0 aliphatic carbocycles. The summed E-state index contributed by atoms with van der Waals surface area (Å²) >= 11 is 6.74. The Labute approximate surface area is 121 Å². The second-order valence-corrected chi connectivity index (χ2v) is 4.96. The summed E-state index contributed by atoms with van der Waals surface area (Å²) in [5.74, 6) is 0.806. The van der Waals surface area contributed by atoms with Gasteiger partial charge in [0, 0.05) is 10.6 Å². The van der Waals surface area contributed by atoms with Crippen molar-refractivity contribution in [2.45, 2.75) is 0 Å². The number of nitrogens with one attached hydrogen (secondary N) is 2. The molecule has 0 radical (unpaired) electrons. The molecule has 0 saturated carbocycles. The SMILES string of the molecule is COc1ccc(NC(=S)N/N=C/c2cccs2)cc1. The van der Waals surface area contributed by atoms with Crippen LogP contribution in [0.5, 0.6) is 5.75 Å². The lowest BCUT2D eigenvalue weighted by Gasteiger charge is -2.07. The Morgan fingerprint density at radius 1 is 1.32 bits per heavy atom. The number of hydrogen-bond donors (Lipinski definition) is 2. The van der Waals surface area contributed by atoms with Gasteiger partial charge in [0.05, 0.1) is 13.3 Å². The van der Waals surface area contributed by atoms with Crippen LogP contribution < -0.4 is 15.5 Å². The molecule has 1 heterocycles. The van der Waals surface area contributed by atoms with Crippen molar-refractivity contribution in [3.8, 4) is 5.75 Å². The van der Waals surface area contributed by atoms with Crippen molar-refractivity contribution in [2.75, 3.05) is 12.4 Å². The van der Waals surface area contributed by atoms with Crippen LogP contribution in [0.1, 0.15) is 4.88 Å². The van der Waals surface area contributed by atoms with Crippen LogP contribution in [-0.4, -0.2) is 18.4 Å². The Hall–Kier alpha value is -1.92. The van der Waals surface area contributed by atoms with Gasteiger partial charge in [-0.25, -0.2) is 0 Å². The summed E-state index contributed by atoms with van der Waals surface area (Å²) < 4.78 is 5.08. The molecule has 6 heteroatoms. The maximum absolute atomic E-state index is 5.13. The van der Waals surface area contributed by atoms with Gasteiger partial charge in [0.15, 0.2) is 5.11 Å². The average Bonchev–Trinajstić information content (AvgIpc) is 2.93. The summed E-state index contributed by atoms with van der Waals surface area (Å²) in [6, 6.07) is 11.4. The lowest BCUT2D eigenvalue weighted by molar-refractivity contribution is 0.415. The highest BCUT2D eigenvalue weighted by molar-refractivity contribution is 7.80. The summed E-state index contributed by atoms with van der Waals surface area (Å²) in [5.41, 5.74) is 3.64. The van der Waals surface area contributed by atoms with E-state index in [1.165, 1.54) is 0 Å². The first-order valence-corrected chi connectivity index (χ1v) is 6.84. The van der Waals surface area contributed by atoms with Crippen molar-refractivity contribution in [1.82, 2.24) is 5.43 Å². The number of anilines is 1. The molecule has 0 aliphatic rings. The zero-order valence-electron chi connectivity index (χ0n) is 10.3. The average molecular weight is 291 g/mol. The van der Waals surface area contributed by atoms with Gasteiger partial charge in [-0.3, -0.25) is 5.43 Å². The third-order valence-electron chi connectivity index (χ3n) is 2.25. The number of nitrogens with zero attached hydrogens (tertiary/aromatic N) is 1. The van der Waals surface area contributed by atoms with Crippen molar-refractivity contribution >= 4 is 40.6 Å². The second-order valence-electron chi connectivity index (χ2n) is 3.57. The Morgan fingerprint density at radius 3 is 2.74 bits per heavy atom. The van der Waals surface area contributed by atoms with Gasteiger partial charge < -0.3 is 10.1 Å². The second kappa shape index (κ2) is 6.86. The topological polar surface area (TPSA) is 45.6 Å². The molecule has 0 saturated heterocycles. The summed E-state index contributed by atoms with van der Waals surface area (Å²) in [5, 5.41) is 9.52. The summed E-state index contributed by atoms with van der Waals surface area (Å²) in [6.45, 7) is 0. The van der Waals surface area contributed by atoms with E-state index in [0.29, 0.717) is 5.11 Å². The van der Waals surface area contributed by atoms with E-state index in [4.69, 9.17) is 17.0 Å². The first-order chi connectivity index (χ1) is 9.28. The van der Waals surface area contributed by atoms with Crippen molar-refractivity contribution in [3.63, 3.8) is 0 Å². The van der Waals surface area contributed by atoms with E-state index in [1.807, 2.05) is 41.8 Å². The minimum atomic E-state index is 0.443. The fourth-order valence-corrected chi connectivity index (χ4v) is 2.11. The maximum atomic E-state index is 5.13. The van der Waals surface area contributed by atoms with E-state index < -0.39 is 0 Å². The van der Waals surface area contributed by atoms with Gasteiger partial charge in [0.25, 0.3) is 0 Å². The van der Waals surface area contributed by atoms with Gasteiger partial charge in [0.1, 0.15) is 5.75 Å². The van der Waals surface area contributed by atoms with Crippen molar-refractivity contribution in [2.24, 2.45) is 5.10 Å². The molecular weight excluding hydrogens is 278 g/mol. The van der Waals surface area contributed by atoms with Crippen LogP contribution in [-0.2, 0) is 0 Å². The van der Waals surface area contributed by atoms with E-state index in [-0.39, 0.29) is 0 Å². The lowest BCUT2D eigenvalue weighted by Crippen LogP contribution is -2.23. The van der Waals surface area contributed by atoms with E-state index in [0.717, 1.165) is 16.3 Å². The van der Waals surface area contributed by atoms with Gasteiger partial charge in [-0.15, -0.1) is 11.3 Å². The largest absolute Gasteiger partial charge is 0.497 e. The monoisotopic (exact) mass is 291 g/mol. The quantitative estimate of drug-likeness (QED) is 0.516. The van der Waals surface area contributed by atoms with Gasteiger partial charge in [-0.2, -0.15) is 5.10 Å². The van der Waals surface area contributed by atoms with Crippen LogP contribution >= 0.6 is 23.6 Å². The van der Waals surface area contributed by atoms with Crippen LogP contribution in [0.4, 0.5) is 5.69 Å². The molecule has 0 unspecified atom stereocenters. The first-order valence-electron chi connectivity index (χ1n) is 5.55.